The lowest BCUT2D eigenvalue weighted by Gasteiger charge is -2.22. The average Bonchev–Trinajstić information content (AvgIpc) is 2.83. The zero-order valence-corrected chi connectivity index (χ0v) is 12.7. The van der Waals surface area contributed by atoms with Crippen LogP contribution in [-0.4, -0.2) is 29.1 Å². The lowest BCUT2D eigenvalue weighted by molar-refractivity contribution is -0.131. The molecule has 1 unspecified atom stereocenters. The maximum absolute atomic E-state index is 10.5. The predicted molar refractivity (Wildman–Crippen MR) is 81.4 cm³/mol. The Balaban J connectivity index is 2.58. The van der Waals surface area contributed by atoms with Crippen LogP contribution in [0.5, 0.6) is 0 Å². The fraction of sp³-hybridized carbons (Fsp3) is 0.533. The second-order valence-electron chi connectivity index (χ2n) is 4.82. The van der Waals surface area contributed by atoms with Crippen LogP contribution in [0.25, 0.3) is 6.08 Å². The molecule has 3 nitrogen and oxygen atoms in total. The van der Waals surface area contributed by atoms with Crippen molar-refractivity contribution in [1.82, 2.24) is 4.90 Å². The van der Waals surface area contributed by atoms with Crippen LogP contribution >= 0.6 is 11.3 Å². The summed E-state index contributed by atoms with van der Waals surface area (Å²) in [5.41, 5.74) is 0. The lowest BCUT2D eigenvalue weighted by Crippen LogP contribution is -2.27. The predicted octanol–water partition coefficient (Wildman–Crippen LogP) is 3.71. The van der Waals surface area contributed by atoms with E-state index >= 15 is 0 Å². The van der Waals surface area contributed by atoms with Gasteiger partial charge >= 0.3 is 5.97 Å². The van der Waals surface area contributed by atoms with Crippen LogP contribution in [0, 0.1) is 5.92 Å². The number of hydrogen-bond acceptors (Lipinski definition) is 3. The maximum Gasteiger partial charge on any atom is 0.328 e. The first-order valence-corrected chi connectivity index (χ1v) is 7.58. The Morgan fingerprint density at radius 2 is 2.21 bits per heavy atom. The van der Waals surface area contributed by atoms with Gasteiger partial charge < -0.3 is 5.11 Å². The Hall–Kier alpha value is -1.13. The molecule has 0 radical (unpaired) electrons. The van der Waals surface area contributed by atoms with Gasteiger partial charge in [0.2, 0.25) is 0 Å². The van der Waals surface area contributed by atoms with E-state index in [9.17, 15) is 4.79 Å². The molecular formula is C15H23NO2S. The summed E-state index contributed by atoms with van der Waals surface area (Å²) in [6.45, 7) is 9.79. The number of carboxylic acid groups (broad SMARTS) is 1. The van der Waals surface area contributed by atoms with Crippen molar-refractivity contribution in [1.29, 1.82) is 0 Å². The largest absolute Gasteiger partial charge is 0.478 e. The molecule has 1 atom stereocenters. The van der Waals surface area contributed by atoms with Gasteiger partial charge in [-0.2, -0.15) is 0 Å². The molecule has 0 saturated heterocycles. The third-order valence-corrected chi connectivity index (χ3v) is 4.20. The maximum atomic E-state index is 10.5. The highest BCUT2D eigenvalue weighted by atomic mass is 32.1. The highest BCUT2D eigenvalue weighted by Crippen LogP contribution is 2.20. The second-order valence-corrected chi connectivity index (χ2v) is 6.02. The molecule has 0 aliphatic heterocycles. The first-order valence-electron chi connectivity index (χ1n) is 6.77. The summed E-state index contributed by atoms with van der Waals surface area (Å²) in [6, 6.07) is 4.07. The van der Waals surface area contributed by atoms with E-state index in [-0.39, 0.29) is 0 Å². The number of thiophene rings is 1. The quantitative estimate of drug-likeness (QED) is 0.738. The third kappa shape index (κ3) is 6.03. The Labute approximate surface area is 119 Å². The first-order chi connectivity index (χ1) is 9.05. The van der Waals surface area contributed by atoms with Gasteiger partial charge in [0.05, 0.1) is 0 Å². The van der Waals surface area contributed by atoms with E-state index < -0.39 is 5.97 Å². The summed E-state index contributed by atoms with van der Waals surface area (Å²) >= 11 is 1.66. The molecule has 19 heavy (non-hydrogen) atoms. The van der Waals surface area contributed by atoms with Gasteiger partial charge in [-0.15, -0.1) is 11.3 Å². The number of aliphatic carboxylic acids is 1. The summed E-state index contributed by atoms with van der Waals surface area (Å²) in [7, 11) is 0. The number of nitrogens with zero attached hydrogens (tertiary/aromatic N) is 1. The Bertz CT molecular complexity index is 426. The summed E-state index contributed by atoms with van der Waals surface area (Å²) in [6.07, 6.45) is 4.04. The Kier molecular flexibility index (Phi) is 6.81. The van der Waals surface area contributed by atoms with E-state index in [1.165, 1.54) is 17.4 Å². The molecule has 4 heteroatoms. The molecule has 0 aliphatic rings. The van der Waals surface area contributed by atoms with Crippen LogP contribution in [0.4, 0.5) is 0 Å². The van der Waals surface area contributed by atoms with Crippen molar-refractivity contribution in [3.8, 4) is 0 Å². The zero-order chi connectivity index (χ0) is 14.3. The highest BCUT2D eigenvalue weighted by Gasteiger charge is 2.09. The van der Waals surface area contributed by atoms with Crippen LogP contribution in [0.15, 0.2) is 18.2 Å². The van der Waals surface area contributed by atoms with Crippen molar-refractivity contribution in [3.63, 3.8) is 0 Å². The highest BCUT2D eigenvalue weighted by molar-refractivity contribution is 7.12. The van der Waals surface area contributed by atoms with Crippen LogP contribution in [-0.2, 0) is 11.3 Å². The molecule has 0 amide bonds. The minimum absolute atomic E-state index is 0.714. The fourth-order valence-electron chi connectivity index (χ4n) is 1.82. The van der Waals surface area contributed by atoms with Gasteiger partial charge in [-0.1, -0.05) is 27.2 Å². The molecule has 0 saturated carbocycles. The van der Waals surface area contributed by atoms with Gasteiger partial charge in [0.1, 0.15) is 0 Å². The Morgan fingerprint density at radius 1 is 1.47 bits per heavy atom. The summed E-state index contributed by atoms with van der Waals surface area (Å²) in [5, 5.41) is 8.60. The van der Waals surface area contributed by atoms with Crippen LogP contribution in [0.3, 0.4) is 0 Å². The molecular weight excluding hydrogens is 258 g/mol. The summed E-state index contributed by atoms with van der Waals surface area (Å²) < 4.78 is 0. The van der Waals surface area contributed by atoms with Gasteiger partial charge in [-0.3, -0.25) is 4.90 Å². The first kappa shape index (κ1) is 15.9. The van der Waals surface area contributed by atoms with E-state index in [0.29, 0.717) is 5.92 Å². The third-order valence-electron chi connectivity index (χ3n) is 3.17. The summed E-state index contributed by atoms with van der Waals surface area (Å²) in [4.78, 5) is 15.2. The van der Waals surface area contributed by atoms with E-state index in [1.54, 1.807) is 17.4 Å². The normalized spacial score (nSPS) is 13.3. The van der Waals surface area contributed by atoms with Gasteiger partial charge in [-0.25, -0.2) is 4.79 Å². The molecule has 1 aromatic rings. The SMILES string of the molecule is CCC(C)CN(CC)Cc1ccc(C=CC(=O)O)s1. The van der Waals surface area contributed by atoms with Gasteiger partial charge in [0.25, 0.3) is 0 Å². The minimum Gasteiger partial charge on any atom is -0.478 e. The molecule has 0 fully saturated rings. The van der Waals surface area contributed by atoms with Crippen LogP contribution < -0.4 is 0 Å². The molecule has 1 rings (SSSR count). The molecule has 0 aromatic carbocycles. The van der Waals surface area contributed by atoms with Crippen molar-refractivity contribution in [2.75, 3.05) is 13.1 Å². The molecule has 0 bridgehead atoms. The topological polar surface area (TPSA) is 40.5 Å². The minimum atomic E-state index is -0.901. The fourth-order valence-corrected chi connectivity index (χ4v) is 2.78. The molecule has 1 N–H and O–H groups in total. The molecule has 1 heterocycles. The van der Waals surface area contributed by atoms with Crippen molar-refractivity contribution >= 4 is 23.4 Å². The standard InChI is InChI=1S/C15H23NO2S/c1-4-12(3)10-16(5-2)11-14-7-6-13(19-14)8-9-15(17)18/h6-9,12H,4-5,10-11H2,1-3H3,(H,17,18). The second kappa shape index (κ2) is 8.12. The van der Waals surface area contributed by atoms with Crippen LogP contribution in [0.1, 0.15) is 36.9 Å². The van der Waals surface area contributed by atoms with E-state index in [1.807, 2.05) is 6.07 Å². The zero-order valence-electron chi connectivity index (χ0n) is 11.9. The van der Waals surface area contributed by atoms with Crippen LogP contribution in [0.2, 0.25) is 0 Å². The lowest BCUT2D eigenvalue weighted by atomic mass is 10.1. The van der Waals surface area contributed by atoms with Crippen molar-refractivity contribution in [3.05, 3.63) is 28.0 Å². The number of carboxylic acids is 1. The molecule has 0 spiro atoms. The molecule has 0 aliphatic carbocycles. The number of carbonyl (C=O) groups is 1. The molecule has 1 aromatic heterocycles. The van der Waals surface area contributed by atoms with Crippen molar-refractivity contribution in [2.24, 2.45) is 5.92 Å². The van der Waals surface area contributed by atoms with E-state index in [2.05, 4.69) is 31.7 Å². The van der Waals surface area contributed by atoms with E-state index in [0.717, 1.165) is 24.5 Å². The van der Waals surface area contributed by atoms with Gasteiger partial charge in [0, 0.05) is 28.9 Å². The van der Waals surface area contributed by atoms with Gasteiger partial charge in [0.15, 0.2) is 0 Å². The van der Waals surface area contributed by atoms with E-state index in [4.69, 9.17) is 5.11 Å². The smallest absolute Gasteiger partial charge is 0.328 e. The van der Waals surface area contributed by atoms with Crippen molar-refractivity contribution < 1.29 is 9.90 Å². The van der Waals surface area contributed by atoms with Gasteiger partial charge in [-0.05, 0) is 30.7 Å². The monoisotopic (exact) mass is 281 g/mol. The molecule has 106 valence electrons. The average molecular weight is 281 g/mol. The number of rotatable bonds is 8. The van der Waals surface area contributed by atoms with Crippen molar-refractivity contribution in [2.45, 2.75) is 33.7 Å². The number of hydrogen-bond donors (Lipinski definition) is 1. The Morgan fingerprint density at radius 3 is 2.79 bits per heavy atom. The summed E-state index contributed by atoms with van der Waals surface area (Å²) in [5.74, 6) is -0.187.